The largest absolute Gasteiger partial charge is 0.453 e. The van der Waals surface area contributed by atoms with Crippen LogP contribution in [0.5, 0.6) is 0 Å². The van der Waals surface area contributed by atoms with Crippen molar-refractivity contribution in [3.63, 3.8) is 0 Å². The number of nitrogens with zero attached hydrogens (tertiary/aromatic N) is 8. The number of hydrogen-bond donors (Lipinski definition) is 0. The Balaban J connectivity index is 1.68. The van der Waals surface area contributed by atoms with Gasteiger partial charge in [0.05, 0.1) is 13.1 Å². The third-order valence-corrected chi connectivity index (χ3v) is 5.76. The van der Waals surface area contributed by atoms with Crippen LogP contribution in [0.15, 0.2) is 23.0 Å². The molecule has 0 radical (unpaired) electrons. The first kappa shape index (κ1) is 22.2. The van der Waals surface area contributed by atoms with Crippen molar-refractivity contribution in [2.45, 2.75) is 26.2 Å². The Kier molecular flexibility index (Phi) is 5.04. The highest BCUT2D eigenvalue weighted by Gasteiger charge is 2.38. The third-order valence-electron chi connectivity index (χ3n) is 5.52. The molecule has 5 rings (SSSR count). The summed E-state index contributed by atoms with van der Waals surface area (Å²) in [4.78, 5) is 31.3. The Labute approximate surface area is 193 Å². The summed E-state index contributed by atoms with van der Waals surface area (Å²) in [6.07, 6.45) is -4.68. The zero-order valence-corrected chi connectivity index (χ0v) is 18.5. The molecule has 0 unspecified atom stereocenters. The molecule has 0 N–H and O–H groups in total. The highest BCUT2D eigenvalue weighted by Crippen LogP contribution is 2.31. The van der Waals surface area contributed by atoms with Gasteiger partial charge in [-0.15, -0.1) is 5.10 Å². The van der Waals surface area contributed by atoms with Crippen LogP contribution in [-0.4, -0.2) is 40.8 Å². The van der Waals surface area contributed by atoms with Gasteiger partial charge in [-0.2, -0.15) is 13.2 Å². The van der Waals surface area contributed by atoms with E-state index in [1.165, 1.54) is 28.4 Å². The zero-order chi connectivity index (χ0) is 24.4. The Hall–Kier alpha value is -3.61. The fourth-order valence-corrected chi connectivity index (χ4v) is 3.84. The second-order valence-corrected chi connectivity index (χ2v) is 8.15. The van der Waals surface area contributed by atoms with Crippen LogP contribution in [0.2, 0.25) is 5.02 Å². The molecule has 9 nitrogen and oxygen atoms in total. The predicted molar refractivity (Wildman–Crippen MR) is 114 cm³/mol. The second-order valence-electron chi connectivity index (χ2n) is 7.71. The molecule has 4 aromatic rings. The number of fused-ring (bicyclic) bond motifs is 2. The maximum atomic E-state index is 14.8. The molecule has 0 spiro atoms. The molecular formula is C20H15ClF4N8O. The second kappa shape index (κ2) is 7.72. The Morgan fingerprint density at radius 1 is 1.06 bits per heavy atom. The van der Waals surface area contributed by atoms with E-state index in [0.717, 1.165) is 6.07 Å². The number of aromatic nitrogens is 7. The maximum absolute atomic E-state index is 14.8. The SMILES string of the molecule is Cc1nc2c(-c3ccc(Cl)cc3F)nc(N3CCn4nc(C(F)(F)F)nc4C3)nc2c(=O)n1C. The van der Waals surface area contributed by atoms with Gasteiger partial charge in [-0.3, -0.25) is 9.36 Å². The monoisotopic (exact) mass is 494 g/mol. The molecule has 0 saturated heterocycles. The van der Waals surface area contributed by atoms with Gasteiger partial charge < -0.3 is 4.90 Å². The third kappa shape index (κ3) is 3.65. The van der Waals surface area contributed by atoms with Crippen molar-refractivity contribution in [3.05, 3.63) is 56.9 Å². The summed E-state index contributed by atoms with van der Waals surface area (Å²) in [7, 11) is 1.52. The molecule has 3 aromatic heterocycles. The van der Waals surface area contributed by atoms with Crippen molar-refractivity contribution in [2.75, 3.05) is 11.4 Å². The van der Waals surface area contributed by atoms with E-state index in [1.54, 1.807) is 11.8 Å². The van der Waals surface area contributed by atoms with E-state index in [-0.39, 0.29) is 58.7 Å². The van der Waals surface area contributed by atoms with E-state index in [4.69, 9.17) is 11.6 Å². The van der Waals surface area contributed by atoms with E-state index in [1.807, 2.05) is 0 Å². The van der Waals surface area contributed by atoms with E-state index in [9.17, 15) is 22.4 Å². The Morgan fingerprint density at radius 3 is 2.53 bits per heavy atom. The molecule has 0 fully saturated rings. The van der Waals surface area contributed by atoms with Gasteiger partial charge in [-0.25, -0.2) is 29.0 Å². The van der Waals surface area contributed by atoms with Gasteiger partial charge in [0, 0.05) is 24.2 Å². The van der Waals surface area contributed by atoms with Gasteiger partial charge in [-0.1, -0.05) is 11.6 Å². The number of halogens is 5. The van der Waals surface area contributed by atoms with Crippen molar-refractivity contribution < 1.29 is 17.6 Å². The van der Waals surface area contributed by atoms with Gasteiger partial charge in [0.25, 0.3) is 11.4 Å². The first-order valence-electron chi connectivity index (χ1n) is 9.99. The smallest absolute Gasteiger partial charge is 0.331 e. The molecule has 0 saturated carbocycles. The van der Waals surface area contributed by atoms with E-state index in [2.05, 4.69) is 25.0 Å². The summed E-state index contributed by atoms with van der Waals surface area (Å²) >= 11 is 5.88. The summed E-state index contributed by atoms with van der Waals surface area (Å²) in [5.74, 6) is -1.44. The summed E-state index contributed by atoms with van der Waals surface area (Å²) < 4.78 is 56.4. The summed E-state index contributed by atoms with van der Waals surface area (Å²) in [6, 6.07) is 4.00. The van der Waals surface area contributed by atoms with Crippen LogP contribution in [0.25, 0.3) is 22.3 Å². The summed E-state index contributed by atoms with van der Waals surface area (Å²) in [6.45, 7) is 1.82. The van der Waals surface area contributed by atoms with Crippen LogP contribution in [-0.2, 0) is 26.3 Å². The van der Waals surface area contributed by atoms with Crippen molar-refractivity contribution in [2.24, 2.45) is 7.05 Å². The Morgan fingerprint density at radius 2 is 1.82 bits per heavy atom. The Bertz CT molecular complexity index is 1510. The number of rotatable bonds is 2. The summed E-state index contributed by atoms with van der Waals surface area (Å²) in [5.41, 5.74) is -0.299. The molecule has 1 aliphatic heterocycles. The van der Waals surface area contributed by atoms with Crippen LogP contribution in [0.3, 0.4) is 0 Å². The van der Waals surface area contributed by atoms with Crippen LogP contribution < -0.4 is 10.5 Å². The number of hydrogen-bond acceptors (Lipinski definition) is 7. The molecule has 4 heterocycles. The maximum Gasteiger partial charge on any atom is 0.453 e. The zero-order valence-electron chi connectivity index (χ0n) is 17.7. The van der Waals surface area contributed by atoms with Gasteiger partial charge in [0.1, 0.15) is 28.7 Å². The number of alkyl halides is 3. The normalized spacial score (nSPS) is 14.0. The quantitative estimate of drug-likeness (QED) is 0.395. The average Bonchev–Trinajstić information content (AvgIpc) is 3.21. The topological polar surface area (TPSA) is 94.6 Å². The van der Waals surface area contributed by atoms with Crippen molar-refractivity contribution >= 4 is 28.6 Å². The highest BCUT2D eigenvalue weighted by molar-refractivity contribution is 6.30. The van der Waals surface area contributed by atoms with Gasteiger partial charge in [0.2, 0.25) is 5.95 Å². The fourth-order valence-electron chi connectivity index (χ4n) is 3.68. The van der Waals surface area contributed by atoms with Gasteiger partial charge in [-0.05, 0) is 25.1 Å². The molecule has 1 aliphatic rings. The summed E-state index contributed by atoms with van der Waals surface area (Å²) in [5, 5.41) is 3.68. The number of aryl methyl sites for hydroxylation is 1. The molecule has 14 heteroatoms. The van der Waals surface area contributed by atoms with Crippen molar-refractivity contribution in [1.29, 1.82) is 0 Å². The van der Waals surface area contributed by atoms with Crippen LogP contribution >= 0.6 is 11.6 Å². The highest BCUT2D eigenvalue weighted by atomic mass is 35.5. The van der Waals surface area contributed by atoms with Gasteiger partial charge >= 0.3 is 6.18 Å². The molecular weight excluding hydrogens is 480 g/mol. The molecule has 0 aliphatic carbocycles. The van der Waals surface area contributed by atoms with E-state index in [0.29, 0.717) is 5.82 Å². The van der Waals surface area contributed by atoms with Crippen LogP contribution in [0.1, 0.15) is 17.5 Å². The number of anilines is 1. The fraction of sp³-hybridized carbons (Fsp3) is 0.300. The molecule has 0 amide bonds. The lowest BCUT2D eigenvalue weighted by atomic mass is 10.1. The lowest BCUT2D eigenvalue weighted by Gasteiger charge is -2.27. The molecule has 0 bridgehead atoms. The van der Waals surface area contributed by atoms with Crippen LogP contribution in [0.4, 0.5) is 23.5 Å². The number of benzene rings is 1. The molecule has 176 valence electrons. The minimum absolute atomic E-state index is 0.0300. The lowest BCUT2D eigenvalue weighted by molar-refractivity contribution is -0.145. The molecule has 1 aromatic carbocycles. The van der Waals surface area contributed by atoms with Crippen LogP contribution in [0, 0.1) is 12.7 Å². The first-order chi connectivity index (χ1) is 16.0. The van der Waals surface area contributed by atoms with Gasteiger partial charge in [0.15, 0.2) is 5.52 Å². The van der Waals surface area contributed by atoms with Crippen molar-refractivity contribution in [1.82, 2.24) is 34.3 Å². The minimum atomic E-state index is -4.68. The first-order valence-corrected chi connectivity index (χ1v) is 10.4. The predicted octanol–water partition coefficient (Wildman–Crippen LogP) is 3.12. The standard InChI is InChI=1S/C20H15ClF4N8O/c1-9-26-15-14(11-4-3-10(21)7-12(11)22)28-19(29-16(15)17(34)31(9)2)32-5-6-33-13(8-32)27-18(30-33)20(23,24)25/h3-4,7H,5-6,8H2,1-2H3. The lowest BCUT2D eigenvalue weighted by Crippen LogP contribution is -2.36. The van der Waals surface area contributed by atoms with E-state index >= 15 is 0 Å². The average molecular weight is 495 g/mol. The molecule has 0 atom stereocenters. The van der Waals surface area contributed by atoms with E-state index < -0.39 is 23.4 Å². The van der Waals surface area contributed by atoms with Crippen molar-refractivity contribution in [3.8, 4) is 11.3 Å². The molecule has 34 heavy (non-hydrogen) atoms. The minimum Gasteiger partial charge on any atom is -0.331 e.